The molecule has 0 saturated heterocycles. The van der Waals surface area contributed by atoms with Gasteiger partial charge in [0, 0.05) is 12.1 Å². The first-order valence-corrected chi connectivity index (χ1v) is 7.97. The van der Waals surface area contributed by atoms with E-state index in [0.717, 1.165) is 34.7 Å². The molecular formula is C19H18F3N3O. The Morgan fingerprint density at radius 2 is 1.73 bits per heavy atom. The number of aromatic amines is 1. The lowest BCUT2D eigenvalue weighted by Gasteiger charge is -2.16. The van der Waals surface area contributed by atoms with Crippen molar-refractivity contribution >= 4 is 5.95 Å². The molecule has 0 aliphatic rings. The number of benzene rings is 2. The first-order valence-electron chi connectivity index (χ1n) is 7.97. The quantitative estimate of drug-likeness (QED) is 0.708. The minimum Gasteiger partial charge on any atom is -0.497 e. The van der Waals surface area contributed by atoms with E-state index < -0.39 is 11.7 Å². The topological polar surface area (TPSA) is 63.9 Å². The number of hydrogen-bond acceptors (Lipinski definition) is 3. The highest BCUT2D eigenvalue weighted by atomic mass is 19.4. The van der Waals surface area contributed by atoms with E-state index in [1.165, 1.54) is 12.1 Å². The fourth-order valence-corrected chi connectivity index (χ4v) is 2.82. The normalized spacial score (nSPS) is 12.8. The van der Waals surface area contributed by atoms with Gasteiger partial charge in [0.25, 0.3) is 0 Å². The summed E-state index contributed by atoms with van der Waals surface area (Å²) in [6.07, 6.45) is -2.13. The van der Waals surface area contributed by atoms with Crippen molar-refractivity contribution in [2.45, 2.75) is 18.5 Å². The van der Waals surface area contributed by atoms with Crippen molar-refractivity contribution < 1.29 is 17.9 Å². The van der Waals surface area contributed by atoms with Gasteiger partial charge in [-0.15, -0.1) is 0 Å². The summed E-state index contributed by atoms with van der Waals surface area (Å²) in [4.78, 5) is 7.14. The number of alkyl halides is 3. The molecule has 3 rings (SSSR count). The molecule has 0 bridgehead atoms. The Morgan fingerprint density at radius 1 is 1.08 bits per heavy atom. The number of methoxy groups -OCH3 is 1. The lowest BCUT2D eigenvalue weighted by Crippen LogP contribution is -2.08. The number of ether oxygens (including phenoxy) is 1. The average Bonchev–Trinajstić information content (AvgIpc) is 3.05. The Hall–Kier alpha value is -2.96. The van der Waals surface area contributed by atoms with Gasteiger partial charge in [0.1, 0.15) is 5.75 Å². The summed E-state index contributed by atoms with van der Waals surface area (Å²) >= 11 is 0. The number of nitrogens with two attached hydrogens (primary N) is 1. The fraction of sp³-hybridized carbons (Fsp3) is 0.211. The van der Waals surface area contributed by atoms with Gasteiger partial charge in [-0.25, -0.2) is 4.98 Å². The molecule has 0 aliphatic heterocycles. The number of H-pyrrole nitrogens is 1. The third-order valence-corrected chi connectivity index (χ3v) is 4.21. The zero-order valence-corrected chi connectivity index (χ0v) is 14.0. The molecule has 1 heterocycles. The molecule has 0 aliphatic carbocycles. The van der Waals surface area contributed by atoms with Crippen LogP contribution in [0.2, 0.25) is 0 Å². The summed E-state index contributed by atoms with van der Waals surface area (Å²) in [5, 5.41) is 0. The van der Waals surface area contributed by atoms with Crippen LogP contribution < -0.4 is 10.5 Å². The lowest BCUT2D eigenvalue weighted by molar-refractivity contribution is -0.137. The van der Waals surface area contributed by atoms with Gasteiger partial charge in [-0.3, -0.25) is 0 Å². The summed E-state index contributed by atoms with van der Waals surface area (Å²) in [5.74, 6) is 0.876. The number of aromatic nitrogens is 2. The van der Waals surface area contributed by atoms with Crippen LogP contribution in [0.25, 0.3) is 0 Å². The summed E-state index contributed by atoms with van der Waals surface area (Å²) in [5.41, 5.74) is 7.51. The molecule has 0 amide bonds. The third kappa shape index (κ3) is 3.99. The Morgan fingerprint density at radius 3 is 2.23 bits per heavy atom. The Kier molecular flexibility index (Phi) is 4.88. The predicted octanol–water partition coefficient (Wildman–Crippen LogP) is 4.39. The van der Waals surface area contributed by atoms with Gasteiger partial charge in [-0.1, -0.05) is 24.3 Å². The highest BCUT2D eigenvalue weighted by Crippen LogP contribution is 2.32. The summed E-state index contributed by atoms with van der Waals surface area (Å²) in [6, 6.07) is 12.7. The van der Waals surface area contributed by atoms with E-state index in [4.69, 9.17) is 10.5 Å². The zero-order chi connectivity index (χ0) is 18.7. The van der Waals surface area contributed by atoms with Crippen LogP contribution in [0.5, 0.6) is 5.75 Å². The second kappa shape index (κ2) is 7.11. The summed E-state index contributed by atoms with van der Waals surface area (Å²) < 4.78 is 43.4. The molecule has 7 heteroatoms. The maximum Gasteiger partial charge on any atom is 0.416 e. The zero-order valence-electron chi connectivity index (χ0n) is 14.0. The maximum absolute atomic E-state index is 12.7. The van der Waals surface area contributed by atoms with E-state index in [2.05, 4.69) is 9.97 Å². The van der Waals surface area contributed by atoms with Gasteiger partial charge < -0.3 is 15.5 Å². The second-order valence-corrected chi connectivity index (χ2v) is 5.94. The molecule has 3 aromatic rings. The number of hydrogen-bond donors (Lipinski definition) is 2. The van der Waals surface area contributed by atoms with E-state index in [0.29, 0.717) is 12.4 Å². The van der Waals surface area contributed by atoms with Crippen molar-refractivity contribution in [1.82, 2.24) is 9.97 Å². The molecule has 136 valence electrons. The average molecular weight is 361 g/mol. The largest absolute Gasteiger partial charge is 0.497 e. The van der Waals surface area contributed by atoms with E-state index in [1.807, 2.05) is 24.3 Å². The molecule has 0 fully saturated rings. The first kappa shape index (κ1) is 17.8. The van der Waals surface area contributed by atoms with E-state index in [-0.39, 0.29) is 5.92 Å². The van der Waals surface area contributed by atoms with Gasteiger partial charge in [-0.2, -0.15) is 13.2 Å². The molecule has 3 N–H and O–H groups in total. The Balaban J connectivity index is 1.90. The van der Waals surface area contributed by atoms with E-state index in [1.54, 1.807) is 13.3 Å². The maximum atomic E-state index is 12.7. The minimum absolute atomic E-state index is 0.147. The van der Waals surface area contributed by atoms with Gasteiger partial charge in [0.15, 0.2) is 5.95 Å². The van der Waals surface area contributed by atoms with Crippen LogP contribution in [0.4, 0.5) is 19.1 Å². The molecule has 1 atom stereocenters. The predicted molar refractivity (Wildman–Crippen MR) is 93.0 cm³/mol. The molecule has 0 radical (unpaired) electrons. The first-order chi connectivity index (χ1) is 12.4. The molecule has 26 heavy (non-hydrogen) atoms. The van der Waals surface area contributed by atoms with Gasteiger partial charge in [0.05, 0.1) is 18.4 Å². The van der Waals surface area contributed by atoms with Gasteiger partial charge >= 0.3 is 6.18 Å². The fourth-order valence-electron chi connectivity index (χ4n) is 2.82. The summed E-state index contributed by atoms with van der Waals surface area (Å²) in [7, 11) is 1.59. The smallest absolute Gasteiger partial charge is 0.416 e. The van der Waals surface area contributed by atoms with Gasteiger partial charge in [0.2, 0.25) is 0 Å². The van der Waals surface area contributed by atoms with Gasteiger partial charge in [-0.05, 0) is 41.8 Å². The molecule has 1 aromatic heterocycles. The minimum atomic E-state index is -4.34. The van der Waals surface area contributed by atoms with Crippen molar-refractivity contribution in [3.63, 3.8) is 0 Å². The van der Waals surface area contributed by atoms with Crippen LogP contribution in [0.15, 0.2) is 54.7 Å². The highest BCUT2D eigenvalue weighted by molar-refractivity contribution is 5.37. The SMILES string of the molecule is COc1ccc([C@H](Cc2ccc(C(F)(F)F)cc2)c2c[nH]c(N)n2)cc1. The number of nitrogen functional groups attached to an aromatic ring is 1. The van der Waals surface area contributed by atoms with Crippen LogP contribution in [0, 0.1) is 0 Å². The number of rotatable bonds is 5. The monoisotopic (exact) mass is 361 g/mol. The number of anilines is 1. The van der Waals surface area contributed by atoms with E-state index in [9.17, 15) is 13.2 Å². The Bertz CT molecular complexity index is 855. The molecule has 0 unspecified atom stereocenters. The molecular weight excluding hydrogens is 343 g/mol. The molecule has 4 nitrogen and oxygen atoms in total. The second-order valence-electron chi connectivity index (χ2n) is 5.94. The van der Waals surface area contributed by atoms with Crippen LogP contribution in [0.1, 0.15) is 28.3 Å². The summed E-state index contributed by atoms with van der Waals surface area (Å²) in [6.45, 7) is 0. The molecule has 0 saturated carbocycles. The number of nitrogens with one attached hydrogen (secondary N) is 1. The molecule has 2 aromatic carbocycles. The van der Waals surface area contributed by atoms with Crippen LogP contribution in [-0.2, 0) is 12.6 Å². The number of halogens is 3. The van der Waals surface area contributed by atoms with Crippen molar-refractivity contribution in [2.75, 3.05) is 12.8 Å². The highest BCUT2D eigenvalue weighted by Gasteiger charge is 2.30. The lowest BCUT2D eigenvalue weighted by atomic mass is 9.89. The van der Waals surface area contributed by atoms with Crippen molar-refractivity contribution in [3.8, 4) is 5.75 Å². The standard InChI is InChI=1S/C19H18F3N3O/c1-26-15-8-4-13(5-9-15)16(17-11-24-18(23)25-17)10-12-2-6-14(7-3-12)19(20,21)22/h2-9,11,16H,10H2,1H3,(H3,23,24,25)/t16-/m0/s1. The van der Waals surface area contributed by atoms with Crippen LogP contribution in [-0.4, -0.2) is 17.1 Å². The van der Waals surface area contributed by atoms with Crippen LogP contribution in [0.3, 0.4) is 0 Å². The number of nitrogens with zero attached hydrogens (tertiary/aromatic N) is 1. The number of imidazole rings is 1. The van der Waals surface area contributed by atoms with E-state index >= 15 is 0 Å². The van der Waals surface area contributed by atoms with Crippen LogP contribution >= 0.6 is 0 Å². The molecule has 0 spiro atoms. The van der Waals surface area contributed by atoms with Crippen molar-refractivity contribution in [1.29, 1.82) is 0 Å². The van der Waals surface area contributed by atoms with Crippen molar-refractivity contribution in [2.24, 2.45) is 0 Å². The third-order valence-electron chi connectivity index (χ3n) is 4.21. The van der Waals surface area contributed by atoms with Crippen molar-refractivity contribution in [3.05, 3.63) is 77.1 Å². The Labute approximate surface area is 148 Å².